The highest BCUT2D eigenvalue weighted by molar-refractivity contribution is 6.33. The van der Waals surface area contributed by atoms with Gasteiger partial charge in [-0.3, -0.25) is 4.79 Å². The van der Waals surface area contributed by atoms with Gasteiger partial charge in [-0.25, -0.2) is 0 Å². The Morgan fingerprint density at radius 1 is 1.64 bits per heavy atom. The van der Waals surface area contributed by atoms with E-state index in [1.807, 2.05) is 6.92 Å². The fourth-order valence-corrected chi connectivity index (χ4v) is 1.17. The lowest BCUT2D eigenvalue weighted by Gasteiger charge is -2.08. The summed E-state index contributed by atoms with van der Waals surface area (Å²) >= 11 is 5.81. The van der Waals surface area contributed by atoms with Gasteiger partial charge in [-0.1, -0.05) is 24.2 Å². The second-order valence-corrected chi connectivity index (χ2v) is 3.42. The molecule has 2 nitrogen and oxygen atoms in total. The molecule has 74 valence electrons. The van der Waals surface area contributed by atoms with Crippen LogP contribution >= 0.6 is 11.6 Å². The van der Waals surface area contributed by atoms with Gasteiger partial charge in [0.25, 0.3) is 0 Å². The van der Waals surface area contributed by atoms with E-state index >= 15 is 0 Å². The van der Waals surface area contributed by atoms with Gasteiger partial charge in [-0.2, -0.15) is 0 Å². The smallest absolute Gasteiger partial charge is 0.155 e. The van der Waals surface area contributed by atoms with Crippen LogP contribution in [-0.2, 0) is 0 Å². The van der Waals surface area contributed by atoms with Crippen LogP contribution in [0.1, 0.15) is 17.3 Å². The minimum atomic E-state index is 0.385. The summed E-state index contributed by atoms with van der Waals surface area (Å²) in [6.07, 6.45) is 0.691. The Hall–Kier alpha value is -1.28. The Labute approximate surface area is 88.1 Å². The first kappa shape index (κ1) is 10.8. The molecule has 1 aromatic rings. The third-order valence-electron chi connectivity index (χ3n) is 1.60. The molecule has 0 atom stereocenters. The zero-order valence-corrected chi connectivity index (χ0v) is 8.67. The molecule has 0 spiro atoms. The maximum atomic E-state index is 10.7. The number of rotatable bonds is 4. The van der Waals surface area contributed by atoms with Crippen molar-refractivity contribution in [2.24, 2.45) is 0 Å². The van der Waals surface area contributed by atoms with Gasteiger partial charge in [-0.15, -0.1) is 0 Å². The van der Waals surface area contributed by atoms with Crippen molar-refractivity contribution in [2.75, 3.05) is 6.61 Å². The van der Waals surface area contributed by atoms with Crippen LogP contribution in [0.2, 0.25) is 5.02 Å². The largest absolute Gasteiger partial charge is 0.488 e. The normalized spacial score (nSPS) is 9.57. The Bertz CT molecular complexity index is 358. The molecule has 0 saturated carbocycles. The van der Waals surface area contributed by atoms with Gasteiger partial charge < -0.3 is 4.74 Å². The fourth-order valence-electron chi connectivity index (χ4n) is 0.958. The van der Waals surface area contributed by atoms with E-state index in [1.54, 1.807) is 18.2 Å². The molecule has 14 heavy (non-hydrogen) atoms. The maximum Gasteiger partial charge on any atom is 0.155 e. The molecule has 0 aliphatic heterocycles. The topological polar surface area (TPSA) is 26.3 Å². The number of aldehydes is 1. The zero-order valence-electron chi connectivity index (χ0n) is 7.92. The molecule has 1 rings (SSSR count). The predicted octanol–water partition coefficient (Wildman–Crippen LogP) is 3.11. The molecular formula is C11H11ClO2. The highest BCUT2D eigenvalue weighted by Crippen LogP contribution is 2.24. The molecule has 1 aromatic carbocycles. The minimum Gasteiger partial charge on any atom is -0.488 e. The Kier molecular flexibility index (Phi) is 3.72. The van der Waals surface area contributed by atoms with Gasteiger partial charge in [0.1, 0.15) is 12.4 Å². The van der Waals surface area contributed by atoms with E-state index in [1.165, 1.54) is 0 Å². The van der Waals surface area contributed by atoms with Gasteiger partial charge in [0.15, 0.2) is 6.29 Å². The number of hydrogen-bond acceptors (Lipinski definition) is 2. The van der Waals surface area contributed by atoms with E-state index < -0.39 is 0 Å². The van der Waals surface area contributed by atoms with E-state index in [0.717, 1.165) is 5.57 Å². The first-order chi connectivity index (χ1) is 6.65. The molecule has 0 unspecified atom stereocenters. The summed E-state index contributed by atoms with van der Waals surface area (Å²) < 4.78 is 5.36. The maximum absolute atomic E-state index is 10.7. The zero-order chi connectivity index (χ0) is 10.6. The molecule has 0 radical (unpaired) electrons. The second kappa shape index (κ2) is 4.82. The van der Waals surface area contributed by atoms with Crippen LogP contribution in [0.4, 0.5) is 0 Å². The molecule has 0 amide bonds. The molecule has 0 aromatic heterocycles. The van der Waals surface area contributed by atoms with Gasteiger partial charge >= 0.3 is 0 Å². The van der Waals surface area contributed by atoms with Crippen LogP contribution in [0.25, 0.3) is 0 Å². The lowest BCUT2D eigenvalue weighted by Crippen LogP contribution is -2.00. The Balaban J connectivity index is 2.90. The van der Waals surface area contributed by atoms with E-state index in [4.69, 9.17) is 16.3 Å². The summed E-state index contributed by atoms with van der Waals surface area (Å²) in [4.78, 5) is 10.7. The van der Waals surface area contributed by atoms with Crippen molar-refractivity contribution in [3.05, 3.63) is 40.9 Å². The summed E-state index contributed by atoms with van der Waals surface area (Å²) in [6.45, 7) is 5.94. The van der Waals surface area contributed by atoms with Crippen molar-refractivity contribution >= 4 is 17.9 Å². The molecule has 0 aliphatic rings. The van der Waals surface area contributed by atoms with Crippen molar-refractivity contribution in [3.63, 3.8) is 0 Å². The van der Waals surface area contributed by atoms with Crippen LogP contribution in [0.15, 0.2) is 30.4 Å². The minimum absolute atomic E-state index is 0.385. The Morgan fingerprint density at radius 2 is 2.36 bits per heavy atom. The van der Waals surface area contributed by atoms with Crippen molar-refractivity contribution < 1.29 is 9.53 Å². The van der Waals surface area contributed by atoms with Crippen molar-refractivity contribution in [1.82, 2.24) is 0 Å². The number of carbonyl (C=O) groups is 1. The van der Waals surface area contributed by atoms with Crippen molar-refractivity contribution in [3.8, 4) is 5.75 Å². The molecule has 3 heteroatoms. The second-order valence-electron chi connectivity index (χ2n) is 3.02. The quantitative estimate of drug-likeness (QED) is 0.564. The van der Waals surface area contributed by atoms with E-state index in [2.05, 4.69) is 6.58 Å². The van der Waals surface area contributed by atoms with Crippen molar-refractivity contribution in [1.29, 1.82) is 0 Å². The van der Waals surface area contributed by atoms with Crippen LogP contribution in [0.5, 0.6) is 5.75 Å². The van der Waals surface area contributed by atoms with Crippen molar-refractivity contribution in [2.45, 2.75) is 6.92 Å². The van der Waals surface area contributed by atoms with Gasteiger partial charge in [0.2, 0.25) is 0 Å². The van der Waals surface area contributed by atoms with Crippen LogP contribution in [-0.4, -0.2) is 12.9 Å². The first-order valence-corrected chi connectivity index (χ1v) is 4.54. The molecule has 0 bridgehead atoms. The Morgan fingerprint density at radius 3 is 2.93 bits per heavy atom. The SMILES string of the molecule is C=C(C)COc1cccc(Cl)c1C=O. The van der Waals surface area contributed by atoms with E-state index in [9.17, 15) is 4.79 Å². The van der Waals surface area contributed by atoms with Gasteiger partial charge in [0, 0.05) is 0 Å². The standard InChI is InChI=1S/C11H11ClO2/c1-8(2)7-14-11-5-3-4-10(12)9(11)6-13/h3-6H,1,7H2,2H3. The predicted molar refractivity (Wildman–Crippen MR) is 57.1 cm³/mol. The molecule has 0 saturated heterocycles. The number of ether oxygens (including phenoxy) is 1. The summed E-state index contributed by atoms with van der Waals surface area (Å²) in [5, 5.41) is 0.402. The first-order valence-electron chi connectivity index (χ1n) is 4.16. The third kappa shape index (κ3) is 2.60. The van der Waals surface area contributed by atoms with Gasteiger partial charge in [0.05, 0.1) is 10.6 Å². The van der Waals surface area contributed by atoms with E-state index in [0.29, 0.717) is 29.2 Å². The average Bonchev–Trinajstić information content (AvgIpc) is 2.14. The molecular weight excluding hydrogens is 200 g/mol. The molecule has 0 N–H and O–H groups in total. The summed E-state index contributed by atoms with van der Waals surface area (Å²) in [5.74, 6) is 0.496. The lowest BCUT2D eigenvalue weighted by atomic mass is 10.2. The highest BCUT2D eigenvalue weighted by Gasteiger charge is 2.06. The monoisotopic (exact) mass is 210 g/mol. The molecule has 0 fully saturated rings. The number of benzene rings is 1. The average molecular weight is 211 g/mol. The lowest BCUT2D eigenvalue weighted by molar-refractivity contribution is 0.112. The highest BCUT2D eigenvalue weighted by atomic mass is 35.5. The fraction of sp³-hybridized carbons (Fsp3) is 0.182. The molecule has 0 aliphatic carbocycles. The summed E-state index contributed by atoms with van der Waals surface area (Å²) in [5.41, 5.74) is 1.28. The number of halogens is 1. The van der Waals surface area contributed by atoms with Crippen LogP contribution < -0.4 is 4.74 Å². The third-order valence-corrected chi connectivity index (χ3v) is 1.93. The van der Waals surface area contributed by atoms with Crippen LogP contribution in [0, 0.1) is 0 Å². The van der Waals surface area contributed by atoms with Gasteiger partial charge in [-0.05, 0) is 24.6 Å². The number of carbonyl (C=O) groups excluding carboxylic acids is 1. The van der Waals surface area contributed by atoms with E-state index in [-0.39, 0.29) is 0 Å². The van der Waals surface area contributed by atoms with Crippen LogP contribution in [0.3, 0.4) is 0 Å². The summed E-state index contributed by atoms with van der Waals surface area (Å²) in [7, 11) is 0. The molecule has 0 heterocycles. The summed E-state index contributed by atoms with van der Waals surface area (Å²) in [6, 6.07) is 5.10. The number of hydrogen-bond donors (Lipinski definition) is 0.